The Morgan fingerprint density at radius 1 is 1.35 bits per heavy atom. The van der Waals surface area contributed by atoms with E-state index in [0.717, 1.165) is 16.7 Å². The average molecular weight is 264 g/mol. The summed E-state index contributed by atoms with van der Waals surface area (Å²) in [6.45, 7) is 0. The average Bonchev–Trinajstić information content (AvgIpc) is 2.77. The second-order valence-electron chi connectivity index (χ2n) is 3.92. The normalized spacial score (nSPS) is 12.6. The minimum atomic E-state index is 0.473. The molecule has 0 saturated heterocycles. The van der Waals surface area contributed by atoms with Crippen LogP contribution in [0.25, 0.3) is 0 Å². The van der Waals surface area contributed by atoms with Crippen LogP contribution in [-0.2, 0) is 7.05 Å². The first-order chi connectivity index (χ1) is 8.31. The van der Waals surface area contributed by atoms with Crippen molar-refractivity contribution in [2.24, 2.45) is 7.05 Å². The first kappa shape index (κ1) is 12.6. The van der Waals surface area contributed by atoms with Gasteiger partial charge in [-0.25, -0.2) is 4.98 Å². The predicted molar refractivity (Wildman–Crippen MR) is 77.0 cm³/mol. The number of aryl methyl sites for hydroxylation is 1. The highest BCUT2D eigenvalue weighted by Crippen LogP contribution is 2.25. The zero-order valence-electron chi connectivity index (χ0n) is 9.78. The van der Waals surface area contributed by atoms with Gasteiger partial charge in [0.15, 0.2) is 5.16 Å². The van der Waals surface area contributed by atoms with Crippen molar-refractivity contribution < 1.29 is 0 Å². The summed E-state index contributed by atoms with van der Waals surface area (Å²) in [5, 5.41) is 1.06. The van der Waals surface area contributed by atoms with Gasteiger partial charge in [0, 0.05) is 31.1 Å². The Morgan fingerprint density at radius 2 is 2.12 bits per heavy atom. The molecule has 0 saturated carbocycles. The minimum Gasteiger partial charge on any atom is -0.329 e. The standard InChI is InChI=1S/C13H16N2S2/c1-15-8-7-14-13(15)17-10-12(9-16)11-5-3-2-4-6-11/h2-8,12,16H,9-10H2,1H3. The van der Waals surface area contributed by atoms with Crippen molar-refractivity contribution in [1.29, 1.82) is 0 Å². The molecule has 1 aromatic carbocycles. The number of thiol groups is 1. The monoisotopic (exact) mass is 264 g/mol. The van der Waals surface area contributed by atoms with Gasteiger partial charge in [0.2, 0.25) is 0 Å². The number of rotatable bonds is 5. The molecule has 2 rings (SSSR count). The van der Waals surface area contributed by atoms with Crippen LogP contribution in [0.3, 0.4) is 0 Å². The molecule has 1 heterocycles. The first-order valence-electron chi connectivity index (χ1n) is 5.57. The molecule has 1 unspecified atom stereocenters. The molecular formula is C13H16N2S2. The van der Waals surface area contributed by atoms with E-state index in [4.69, 9.17) is 0 Å². The van der Waals surface area contributed by atoms with Gasteiger partial charge in [-0.1, -0.05) is 42.1 Å². The van der Waals surface area contributed by atoms with Crippen LogP contribution in [0.2, 0.25) is 0 Å². The lowest BCUT2D eigenvalue weighted by molar-refractivity contribution is 0.785. The zero-order valence-corrected chi connectivity index (χ0v) is 11.5. The number of hydrogen-bond acceptors (Lipinski definition) is 3. The van der Waals surface area contributed by atoms with Crippen molar-refractivity contribution in [1.82, 2.24) is 9.55 Å². The molecule has 1 aromatic heterocycles. The Bertz CT molecular complexity index is 453. The van der Waals surface area contributed by atoms with Crippen molar-refractivity contribution in [2.45, 2.75) is 11.1 Å². The van der Waals surface area contributed by atoms with Crippen LogP contribution in [-0.4, -0.2) is 21.1 Å². The lowest BCUT2D eigenvalue weighted by Crippen LogP contribution is -2.04. The van der Waals surface area contributed by atoms with Gasteiger partial charge in [-0.15, -0.1) is 0 Å². The van der Waals surface area contributed by atoms with Crippen molar-refractivity contribution in [3.8, 4) is 0 Å². The SMILES string of the molecule is Cn1ccnc1SCC(CS)c1ccccc1. The third kappa shape index (κ3) is 3.30. The van der Waals surface area contributed by atoms with Crippen LogP contribution in [0.4, 0.5) is 0 Å². The fraction of sp³-hybridized carbons (Fsp3) is 0.308. The largest absolute Gasteiger partial charge is 0.329 e. The van der Waals surface area contributed by atoms with E-state index in [0.29, 0.717) is 5.92 Å². The quantitative estimate of drug-likeness (QED) is 0.660. The molecule has 0 amide bonds. The van der Waals surface area contributed by atoms with Crippen LogP contribution >= 0.6 is 24.4 Å². The van der Waals surface area contributed by atoms with E-state index < -0.39 is 0 Å². The van der Waals surface area contributed by atoms with Gasteiger partial charge in [-0.3, -0.25) is 0 Å². The van der Waals surface area contributed by atoms with Gasteiger partial charge in [-0.2, -0.15) is 12.6 Å². The number of nitrogens with zero attached hydrogens (tertiary/aromatic N) is 2. The van der Waals surface area contributed by atoms with E-state index in [2.05, 4.69) is 41.9 Å². The van der Waals surface area contributed by atoms with Crippen LogP contribution in [0, 0.1) is 0 Å². The van der Waals surface area contributed by atoms with Gasteiger partial charge in [0.1, 0.15) is 0 Å². The number of thioether (sulfide) groups is 1. The predicted octanol–water partition coefficient (Wildman–Crippen LogP) is 3.23. The van der Waals surface area contributed by atoms with Crippen molar-refractivity contribution in [2.75, 3.05) is 11.5 Å². The summed E-state index contributed by atoms with van der Waals surface area (Å²) >= 11 is 6.23. The Morgan fingerprint density at radius 3 is 2.71 bits per heavy atom. The second kappa shape index (κ2) is 6.17. The molecule has 0 spiro atoms. The maximum Gasteiger partial charge on any atom is 0.167 e. The van der Waals surface area contributed by atoms with E-state index in [1.54, 1.807) is 11.8 Å². The van der Waals surface area contributed by atoms with Gasteiger partial charge >= 0.3 is 0 Å². The summed E-state index contributed by atoms with van der Waals surface area (Å²) in [5.74, 6) is 2.35. The molecular weight excluding hydrogens is 248 g/mol. The molecule has 2 aromatic rings. The Labute approximate surface area is 112 Å². The highest BCUT2D eigenvalue weighted by Gasteiger charge is 2.11. The third-order valence-electron chi connectivity index (χ3n) is 2.68. The fourth-order valence-electron chi connectivity index (χ4n) is 1.65. The highest BCUT2D eigenvalue weighted by molar-refractivity contribution is 7.99. The molecule has 17 heavy (non-hydrogen) atoms. The highest BCUT2D eigenvalue weighted by atomic mass is 32.2. The first-order valence-corrected chi connectivity index (χ1v) is 7.19. The summed E-state index contributed by atoms with van der Waals surface area (Å²) < 4.78 is 2.05. The van der Waals surface area contributed by atoms with E-state index in [-0.39, 0.29) is 0 Å². The van der Waals surface area contributed by atoms with Crippen LogP contribution < -0.4 is 0 Å². The number of benzene rings is 1. The van der Waals surface area contributed by atoms with Crippen LogP contribution in [0.5, 0.6) is 0 Å². The number of hydrogen-bond donors (Lipinski definition) is 1. The van der Waals surface area contributed by atoms with E-state index in [1.807, 2.05) is 30.1 Å². The van der Waals surface area contributed by atoms with Crippen LogP contribution in [0.15, 0.2) is 47.9 Å². The molecule has 0 aliphatic rings. The summed E-state index contributed by atoms with van der Waals surface area (Å²) in [5.41, 5.74) is 1.35. The van der Waals surface area contributed by atoms with E-state index >= 15 is 0 Å². The summed E-state index contributed by atoms with van der Waals surface area (Å²) in [7, 11) is 2.02. The molecule has 2 nitrogen and oxygen atoms in total. The zero-order chi connectivity index (χ0) is 12.1. The Kier molecular flexibility index (Phi) is 4.57. The lowest BCUT2D eigenvalue weighted by Gasteiger charge is -2.14. The molecule has 0 bridgehead atoms. The molecule has 0 radical (unpaired) electrons. The topological polar surface area (TPSA) is 17.8 Å². The maximum atomic E-state index is 4.44. The number of imidazole rings is 1. The Hall–Kier alpha value is -0.870. The minimum absolute atomic E-state index is 0.473. The van der Waals surface area contributed by atoms with Crippen molar-refractivity contribution in [3.63, 3.8) is 0 Å². The Balaban J connectivity index is 1.99. The van der Waals surface area contributed by atoms with Gasteiger partial charge in [0.25, 0.3) is 0 Å². The fourth-order valence-corrected chi connectivity index (χ4v) is 3.22. The lowest BCUT2D eigenvalue weighted by atomic mass is 10.0. The van der Waals surface area contributed by atoms with Crippen LogP contribution in [0.1, 0.15) is 11.5 Å². The summed E-state index contributed by atoms with van der Waals surface area (Å²) in [6.07, 6.45) is 3.81. The molecule has 1 atom stereocenters. The summed E-state index contributed by atoms with van der Waals surface area (Å²) in [4.78, 5) is 4.32. The van der Waals surface area contributed by atoms with E-state index in [1.165, 1.54) is 5.56 Å². The maximum absolute atomic E-state index is 4.44. The molecule has 90 valence electrons. The van der Waals surface area contributed by atoms with Gasteiger partial charge in [0.05, 0.1) is 0 Å². The molecule has 0 aliphatic heterocycles. The molecule has 0 aliphatic carbocycles. The van der Waals surface area contributed by atoms with Gasteiger partial charge in [-0.05, 0) is 11.3 Å². The third-order valence-corrected chi connectivity index (χ3v) is 4.34. The smallest absolute Gasteiger partial charge is 0.167 e. The molecule has 0 fully saturated rings. The molecule has 0 N–H and O–H groups in total. The van der Waals surface area contributed by atoms with E-state index in [9.17, 15) is 0 Å². The molecule has 4 heteroatoms. The van der Waals surface area contributed by atoms with Gasteiger partial charge < -0.3 is 4.57 Å². The van der Waals surface area contributed by atoms with Crippen molar-refractivity contribution >= 4 is 24.4 Å². The second-order valence-corrected chi connectivity index (χ2v) is 5.27. The van der Waals surface area contributed by atoms with Crippen molar-refractivity contribution in [3.05, 3.63) is 48.3 Å². The summed E-state index contributed by atoms with van der Waals surface area (Å²) in [6, 6.07) is 10.5. The number of aromatic nitrogens is 2.